The molecule has 0 unspecified atom stereocenters. The molecule has 9 heteroatoms. The van der Waals surface area contributed by atoms with Crippen LogP contribution in [-0.2, 0) is 11.3 Å². The van der Waals surface area contributed by atoms with Crippen LogP contribution in [0.25, 0.3) is 22.5 Å². The van der Waals surface area contributed by atoms with Crippen molar-refractivity contribution in [3.63, 3.8) is 0 Å². The van der Waals surface area contributed by atoms with E-state index in [4.69, 9.17) is 11.6 Å². The van der Waals surface area contributed by atoms with Crippen molar-refractivity contribution in [2.75, 3.05) is 20.1 Å². The van der Waals surface area contributed by atoms with Crippen molar-refractivity contribution in [1.29, 1.82) is 0 Å². The average Bonchev–Trinajstić information content (AvgIpc) is 3.42. The quantitative estimate of drug-likeness (QED) is 0.657. The van der Waals surface area contributed by atoms with E-state index in [1.807, 2.05) is 28.8 Å². The maximum Gasteiger partial charge on any atom is 0.407 e. The Bertz CT molecular complexity index is 1080. The number of rotatable bonds is 5. The Morgan fingerprint density at radius 1 is 1.16 bits per heavy atom. The van der Waals surface area contributed by atoms with Gasteiger partial charge >= 0.3 is 6.09 Å². The zero-order valence-electron chi connectivity index (χ0n) is 17.0. The van der Waals surface area contributed by atoms with E-state index >= 15 is 0 Å². The maximum atomic E-state index is 13.0. The number of imidazole rings is 1. The number of hydrogen-bond donors (Lipinski definition) is 1. The first kappa shape index (κ1) is 20.9. The highest BCUT2D eigenvalue weighted by Crippen LogP contribution is 2.31. The molecule has 0 aliphatic carbocycles. The van der Waals surface area contributed by atoms with Crippen molar-refractivity contribution < 1.29 is 14.7 Å². The lowest BCUT2D eigenvalue weighted by Crippen LogP contribution is -2.41. The number of carboxylic acid groups (broad SMARTS) is 1. The molecule has 2 amide bonds. The summed E-state index contributed by atoms with van der Waals surface area (Å²) in [4.78, 5) is 35.9. The summed E-state index contributed by atoms with van der Waals surface area (Å²) in [5.74, 6) is -0.104. The topological polar surface area (TPSA) is 91.6 Å². The first-order chi connectivity index (χ1) is 14.9. The van der Waals surface area contributed by atoms with E-state index in [2.05, 4.69) is 9.97 Å². The van der Waals surface area contributed by atoms with Gasteiger partial charge in [0.1, 0.15) is 6.54 Å². The van der Waals surface area contributed by atoms with Gasteiger partial charge in [-0.2, -0.15) is 0 Å². The molecule has 1 fully saturated rings. The molecule has 1 saturated heterocycles. The van der Waals surface area contributed by atoms with E-state index in [0.29, 0.717) is 24.5 Å². The monoisotopic (exact) mass is 439 g/mol. The van der Waals surface area contributed by atoms with Gasteiger partial charge in [-0.3, -0.25) is 9.78 Å². The summed E-state index contributed by atoms with van der Waals surface area (Å²) < 4.78 is 1.82. The summed E-state index contributed by atoms with van der Waals surface area (Å²) >= 11 is 6.03. The van der Waals surface area contributed by atoms with Crippen LogP contribution in [0.1, 0.15) is 6.42 Å². The molecule has 0 spiro atoms. The first-order valence-electron chi connectivity index (χ1n) is 9.89. The standard InChI is InChI=1S/C22H22ClN5O3/c1-26(18-8-11-27(12-18)22(30)31)19(29)13-28-14-25-20(15-2-4-17(23)5-3-15)21(28)16-6-9-24-10-7-16/h2-7,9-10,14,18H,8,11-13H2,1H3,(H,30,31)/t18-/m0/s1. The minimum absolute atomic E-state index is 0.0956. The van der Waals surface area contributed by atoms with E-state index in [0.717, 1.165) is 22.5 Å². The maximum absolute atomic E-state index is 13.0. The minimum atomic E-state index is -0.953. The average molecular weight is 440 g/mol. The smallest absolute Gasteiger partial charge is 0.407 e. The van der Waals surface area contributed by atoms with Crippen LogP contribution in [0, 0.1) is 0 Å². The zero-order chi connectivity index (χ0) is 22.0. The van der Waals surface area contributed by atoms with Crippen molar-refractivity contribution in [2.45, 2.75) is 19.0 Å². The first-order valence-corrected chi connectivity index (χ1v) is 10.3. The van der Waals surface area contributed by atoms with E-state index < -0.39 is 6.09 Å². The minimum Gasteiger partial charge on any atom is -0.465 e. The highest BCUT2D eigenvalue weighted by Gasteiger charge is 2.31. The Kier molecular flexibility index (Phi) is 5.90. The number of aromatic nitrogens is 3. The van der Waals surface area contributed by atoms with Gasteiger partial charge in [0.25, 0.3) is 0 Å². The van der Waals surface area contributed by atoms with Crippen LogP contribution in [0.15, 0.2) is 55.1 Å². The second-order valence-electron chi connectivity index (χ2n) is 7.49. The molecule has 1 aliphatic heterocycles. The number of amides is 2. The normalized spacial score (nSPS) is 15.8. The van der Waals surface area contributed by atoms with Crippen molar-refractivity contribution in [3.05, 3.63) is 60.1 Å². The van der Waals surface area contributed by atoms with E-state index in [1.54, 1.807) is 42.8 Å². The number of nitrogens with zero attached hydrogens (tertiary/aromatic N) is 5. The van der Waals surface area contributed by atoms with Gasteiger partial charge in [0.2, 0.25) is 5.91 Å². The van der Waals surface area contributed by atoms with Crippen molar-refractivity contribution >= 4 is 23.6 Å². The van der Waals surface area contributed by atoms with Crippen LogP contribution in [0.4, 0.5) is 4.79 Å². The van der Waals surface area contributed by atoms with Crippen LogP contribution in [0.5, 0.6) is 0 Å². The summed E-state index contributed by atoms with van der Waals surface area (Å²) in [6.07, 6.45) is 4.73. The van der Waals surface area contributed by atoms with Gasteiger partial charge < -0.3 is 19.5 Å². The number of pyridine rings is 1. The molecule has 1 aromatic carbocycles. The second-order valence-corrected chi connectivity index (χ2v) is 7.92. The summed E-state index contributed by atoms with van der Waals surface area (Å²) in [5.41, 5.74) is 3.34. The van der Waals surface area contributed by atoms with Crippen LogP contribution >= 0.6 is 11.6 Å². The summed E-state index contributed by atoms with van der Waals surface area (Å²) in [5, 5.41) is 9.81. The third kappa shape index (κ3) is 4.39. The molecule has 1 atom stereocenters. The number of carbonyl (C=O) groups is 2. The van der Waals surface area contributed by atoms with Crippen molar-refractivity contribution in [1.82, 2.24) is 24.3 Å². The Labute approximate surface area is 184 Å². The molecule has 160 valence electrons. The lowest BCUT2D eigenvalue weighted by atomic mass is 10.1. The van der Waals surface area contributed by atoms with Gasteiger partial charge in [0.15, 0.2) is 0 Å². The van der Waals surface area contributed by atoms with Crippen LogP contribution in [-0.4, -0.2) is 67.6 Å². The number of halogens is 1. The lowest BCUT2D eigenvalue weighted by Gasteiger charge is -2.25. The van der Waals surface area contributed by atoms with Gasteiger partial charge in [-0.15, -0.1) is 0 Å². The number of likely N-dealkylation sites (tertiary alicyclic amines) is 1. The molecule has 8 nitrogen and oxygen atoms in total. The predicted octanol–water partition coefficient (Wildman–Crippen LogP) is 3.48. The molecule has 1 N–H and O–H groups in total. The number of benzene rings is 1. The molecule has 0 saturated carbocycles. The van der Waals surface area contributed by atoms with Crippen molar-refractivity contribution in [2.24, 2.45) is 0 Å². The Morgan fingerprint density at radius 3 is 2.52 bits per heavy atom. The van der Waals surface area contributed by atoms with E-state index in [9.17, 15) is 14.7 Å². The summed E-state index contributed by atoms with van der Waals surface area (Å²) in [7, 11) is 1.72. The van der Waals surface area contributed by atoms with Gasteiger partial charge in [0, 0.05) is 48.7 Å². The van der Waals surface area contributed by atoms with E-state index in [1.165, 1.54) is 4.90 Å². The Balaban J connectivity index is 1.62. The molecule has 3 heterocycles. The largest absolute Gasteiger partial charge is 0.465 e. The lowest BCUT2D eigenvalue weighted by molar-refractivity contribution is -0.132. The predicted molar refractivity (Wildman–Crippen MR) is 117 cm³/mol. The third-order valence-electron chi connectivity index (χ3n) is 5.59. The Morgan fingerprint density at radius 2 is 1.87 bits per heavy atom. The zero-order valence-corrected chi connectivity index (χ0v) is 17.7. The fourth-order valence-corrected chi connectivity index (χ4v) is 3.95. The molecule has 0 bridgehead atoms. The Hall–Kier alpha value is -3.39. The van der Waals surface area contributed by atoms with Crippen LogP contribution in [0.3, 0.4) is 0 Å². The van der Waals surface area contributed by atoms with Crippen molar-refractivity contribution in [3.8, 4) is 22.5 Å². The highest BCUT2D eigenvalue weighted by atomic mass is 35.5. The van der Waals surface area contributed by atoms with Gasteiger partial charge in [-0.05, 0) is 30.7 Å². The number of likely N-dealkylation sites (N-methyl/N-ethyl adjacent to an activating group) is 1. The number of hydrogen-bond acceptors (Lipinski definition) is 4. The third-order valence-corrected chi connectivity index (χ3v) is 5.84. The molecule has 2 aromatic heterocycles. The fourth-order valence-electron chi connectivity index (χ4n) is 3.83. The van der Waals surface area contributed by atoms with Crippen LogP contribution in [0.2, 0.25) is 5.02 Å². The molecular weight excluding hydrogens is 418 g/mol. The molecule has 4 rings (SSSR count). The highest BCUT2D eigenvalue weighted by molar-refractivity contribution is 6.30. The number of carbonyl (C=O) groups excluding carboxylic acids is 1. The van der Waals surface area contributed by atoms with Gasteiger partial charge in [0.05, 0.1) is 23.8 Å². The molecular formula is C22H22ClN5O3. The summed E-state index contributed by atoms with van der Waals surface area (Å²) in [6, 6.07) is 11.0. The van der Waals surface area contributed by atoms with Gasteiger partial charge in [-0.25, -0.2) is 9.78 Å². The fraction of sp³-hybridized carbons (Fsp3) is 0.273. The van der Waals surface area contributed by atoms with Crippen LogP contribution < -0.4 is 0 Å². The molecule has 0 radical (unpaired) electrons. The second kappa shape index (κ2) is 8.77. The summed E-state index contributed by atoms with van der Waals surface area (Å²) in [6.45, 7) is 0.860. The van der Waals surface area contributed by atoms with E-state index in [-0.39, 0.29) is 18.5 Å². The molecule has 3 aromatic rings. The van der Waals surface area contributed by atoms with Gasteiger partial charge in [-0.1, -0.05) is 23.7 Å². The molecule has 1 aliphatic rings. The molecule has 31 heavy (non-hydrogen) atoms. The SMILES string of the molecule is CN(C(=O)Cn1cnc(-c2ccc(Cl)cc2)c1-c1ccncc1)[C@H]1CCN(C(=O)O)C1.